The van der Waals surface area contributed by atoms with Crippen molar-refractivity contribution in [2.75, 3.05) is 6.54 Å². The molecule has 0 aliphatic heterocycles. The van der Waals surface area contributed by atoms with Crippen LogP contribution < -0.4 is 5.32 Å². The Hall–Kier alpha value is -1.13. The van der Waals surface area contributed by atoms with Gasteiger partial charge in [-0.15, -0.1) is 0 Å². The van der Waals surface area contributed by atoms with Gasteiger partial charge in [-0.25, -0.2) is 4.39 Å². The van der Waals surface area contributed by atoms with Crippen LogP contribution in [-0.4, -0.2) is 11.1 Å². The van der Waals surface area contributed by atoms with E-state index in [9.17, 15) is 4.39 Å². The molecule has 1 atom stereocenters. The Morgan fingerprint density at radius 2 is 2.16 bits per heavy atom. The molecular formula is C15H18BrFN2. The molecular weight excluding hydrogens is 307 g/mol. The van der Waals surface area contributed by atoms with Crippen molar-refractivity contribution in [3.05, 3.63) is 58.1 Å². The maximum Gasteiger partial charge on any atom is 0.124 e. The van der Waals surface area contributed by atoms with Crippen LogP contribution in [0.15, 0.2) is 41.1 Å². The van der Waals surface area contributed by atoms with E-state index < -0.39 is 0 Å². The van der Waals surface area contributed by atoms with Crippen molar-refractivity contribution >= 4 is 15.9 Å². The van der Waals surface area contributed by atoms with E-state index in [1.807, 2.05) is 12.3 Å². The minimum absolute atomic E-state index is 0.210. The Morgan fingerprint density at radius 1 is 1.37 bits per heavy atom. The van der Waals surface area contributed by atoms with E-state index in [1.54, 1.807) is 6.07 Å². The molecule has 1 N–H and O–H groups in total. The first kappa shape index (κ1) is 14.3. The number of hydrogen-bond acceptors (Lipinski definition) is 1. The van der Waals surface area contributed by atoms with Crippen LogP contribution in [0.1, 0.15) is 31.0 Å². The SMILES string of the molecule is CCNC(C)c1ccn(Cc2cc(F)cc(Br)c2)c1. The van der Waals surface area contributed by atoms with Gasteiger partial charge in [-0.1, -0.05) is 22.9 Å². The maximum atomic E-state index is 13.3. The predicted octanol–water partition coefficient (Wildman–Crippen LogP) is 4.11. The smallest absolute Gasteiger partial charge is 0.124 e. The van der Waals surface area contributed by atoms with Crippen molar-refractivity contribution in [1.29, 1.82) is 0 Å². The fourth-order valence-corrected chi connectivity index (χ4v) is 2.66. The van der Waals surface area contributed by atoms with E-state index in [-0.39, 0.29) is 5.82 Å². The summed E-state index contributed by atoms with van der Waals surface area (Å²) in [5.74, 6) is -0.210. The lowest BCUT2D eigenvalue weighted by atomic mass is 10.2. The van der Waals surface area contributed by atoms with E-state index in [0.29, 0.717) is 12.6 Å². The molecule has 0 aliphatic rings. The number of hydrogen-bond donors (Lipinski definition) is 1. The highest BCUT2D eigenvalue weighted by atomic mass is 79.9. The number of nitrogens with zero attached hydrogens (tertiary/aromatic N) is 1. The minimum Gasteiger partial charge on any atom is -0.350 e. The zero-order chi connectivity index (χ0) is 13.8. The lowest BCUT2D eigenvalue weighted by Gasteiger charge is -2.10. The first-order valence-electron chi connectivity index (χ1n) is 6.42. The topological polar surface area (TPSA) is 17.0 Å². The summed E-state index contributed by atoms with van der Waals surface area (Å²) >= 11 is 3.32. The van der Waals surface area contributed by atoms with Gasteiger partial charge < -0.3 is 9.88 Å². The molecule has 0 bridgehead atoms. The van der Waals surface area contributed by atoms with Crippen LogP contribution in [0.2, 0.25) is 0 Å². The largest absolute Gasteiger partial charge is 0.350 e. The standard InChI is InChI=1S/C15H18BrFN2/c1-3-18-11(2)13-4-5-19(10-13)9-12-6-14(16)8-15(17)7-12/h4-8,10-11,18H,3,9H2,1-2H3. The van der Waals surface area contributed by atoms with Crippen molar-refractivity contribution in [1.82, 2.24) is 9.88 Å². The summed E-state index contributed by atoms with van der Waals surface area (Å²) in [7, 11) is 0. The molecule has 19 heavy (non-hydrogen) atoms. The third-order valence-electron chi connectivity index (χ3n) is 3.07. The lowest BCUT2D eigenvalue weighted by Crippen LogP contribution is -2.17. The summed E-state index contributed by atoms with van der Waals surface area (Å²) in [6, 6.07) is 7.42. The van der Waals surface area contributed by atoms with E-state index >= 15 is 0 Å². The van der Waals surface area contributed by atoms with Crippen LogP contribution in [0.4, 0.5) is 4.39 Å². The zero-order valence-electron chi connectivity index (χ0n) is 11.2. The summed E-state index contributed by atoms with van der Waals surface area (Å²) in [5, 5.41) is 3.38. The predicted molar refractivity (Wildman–Crippen MR) is 79.7 cm³/mol. The van der Waals surface area contributed by atoms with Crippen molar-refractivity contribution in [3.63, 3.8) is 0 Å². The molecule has 0 spiro atoms. The molecule has 2 nitrogen and oxygen atoms in total. The fourth-order valence-electron chi connectivity index (χ4n) is 2.15. The first-order valence-corrected chi connectivity index (χ1v) is 7.22. The highest BCUT2D eigenvalue weighted by molar-refractivity contribution is 9.10. The number of halogens is 2. The van der Waals surface area contributed by atoms with Crippen LogP contribution >= 0.6 is 15.9 Å². The Bertz CT molecular complexity index is 531. The van der Waals surface area contributed by atoms with Crippen molar-refractivity contribution in [3.8, 4) is 0 Å². The molecule has 0 radical (unpaired) electrons. The van der Waals surface area contributed by atoms with Gasteiger partial charge in [0.2, 0.25) is 0 Å². The number of benzene rings is 1. The molecule has 1 heterocycles. The van der Waals surface area contributed by atoms with Gasteiger partial charge in [0.05, 0.1) is 0 Å². The van der Waals surface area contributed by atoms with Gasteiger partial charge in [-0.3, -0.25) is 0 Å². The molecule has 1 aromatic carbocycles. The molecule has 0 aliphatic carbocycles. The maximum absolute atomic E-state index is 13.3. The van der Waals surface area contributed by atoms with E-state index in [1.165, 1.54) is 11.6 Å². The van der Waals surface area contributed by atoms with Gasteiger partial charge in [-0.05, 0) is 48.9 Å². The summed E-state index contributed by atoms with van der Waals surface area (Å²) in [4.78, 5) is 0. The summed E-state index contributed by atoms with van der Waals surface area (Å²) < 4.78 is 16.2. The van der Waals surface area contributed by atoms with Crippen LogP contribution in [0.25, 0.3) is 0 Å². The van der Waals surface area contributed by atoms with Crippen LogP contribution in [0, 0.1) is 5.82 Å². The third-order valence-corrected chi connectivity index (χ3v) is 3.53. The number of aromatic nitrogens is 1. The Kier molecular flexibility index (Phi) is 4.77. The van der Waals surface area contributed by atoms with E-state index in [4.69, 9.17) is 0 Å². The molecule has 102 valence electrons. The van der Waals surface area contributed by atoms with Gasteiger partial charge in [0.25, 0.3) is 0 Å². The molecule has 0 amide bonds. The van der Waals surface area contributed by atoms with Crippen molar-refractivity contribution < 1.29 is 4.39 Å². The molecule has 0 saturated carbocycles. The highest BCUT2D eigenvalue weighted by Crippen LogP contribution is 2.17. The highest BCUT2D eigenvalue weighted by Gasteiger charge is 2.06. The van der Waals surface area contributed by atoms with Gasteiger partial charge in [0, 0.05) is 29.5 Å². The molecule has 2 rings (SSSR count). The lowest BCUT2D eigenvalue weighted by molar-refractivity contribution is 0.596. The van der Waals surface area contributed by atoms with Gasteiger partial charge in [0.15, 0.2) is 0 Å². The normalized spacial score (nSPS) is 12.6. The van der Waals surface area contributed by atoms with Gasteiger partial charge >= 0.3 is 0 Å². The zero-order valence-corrected chi connectivity index (χ0v) is 12.7. The van der Waals surface area contributed by atoms with E-state index in [0.717, 1.165) is 16.6 Å². The molecule has 1 aromatic heterocycles. The molecule has 0 saturated heterocycles. The average molecular weight is 325 g/mol. The average Bonchev–Trinajstić information content (AvgIpc) is 2.76. The summed E-state index contributed by atoms with van der Waals surface area (Å²) in [6.07, 6.45) is 4.13. The second-order valence-corrected chi connectivity index (χ2v) is 5.59. The number of rotatable bonds is 5. The Balaban J connectivity index is 2.11. The van der Waals surface area contributed by atoms with Gasteiger partial charge in [0.1, 0.15) is 5.82 Å². The minimum atomic E-state index is -0.210. The second-order valence-electron chi connectivity index (χ2n) is 4.67. The fraction of sp³-hybridized carbons (Fsp3) is 0.333. The van der Waals surface area contributed by atoms with Crippen LogP contribution in [-0.2, 0) is 6.54 Å². The molecule has 1 unspecified atom stereocenters. The van der Waals surface area contributed by atoms with Crippen LogP contribution in [0.3, 0.4) is 0 Å². The Morgan fingerprint density at radius 3 is 2.84 bits per heavy atom. The summed E-state index contributed by atoms with van der Waals surface area (Å²) in [6.45, 7) is 5.86. The quantitative estimate of drug-likeness (QED) is 0.875. The van der Waals surface area contributed by atoms with Gasteiger partial charge in [-0.2, -0.15) is 0 Å². The monoisotopic (exact) mass is 324 g/mol. The van der Waals surface area contributed by atoms with Crippen molar-refractivity contribution in [2.24, 2.45) is 0 Å². The summed E-state index contributed by atoms with van der Waals surface area (Å²) in [5.41, 5.74) is 2.20. The second kappa shape index (κ2) is 6.35. The molecule has 4 heteroatoms. The van der Waals surface area contributed by atoms with E-state index in [2.05, 4.69) is 51.9 Å². The third kappa shape index (κ3) is 3.91. The molecule has 2 aromatic rings. The number of nitrogens with one attached hydrogen (secondary N) is 1. The Labute approximate surface area is 121 Å². The first-order chi connectivity index (χ1) is 9.08. The molecule has 0 fully saturated rings. The van der Waals surface area contributed by atoms with Crippen LogP contribution in [0.5, 0.6) is 0 Å². The van der Waals surface area contributed by atoms with Crippen molar-refractivity contribution in [2.45, 2.75) is 26.4 Å².